The molecule has 2 aromatic carbocycles. The zero-order chi connectivity index (χ0) is 18.6. The molecule has 1 N–H and O–H groups in total. The van der Waals surface area contributed by atoms with Gasteiger partial charge in [0, 0.05) is 24.7 Å². The zero-order valence-corrected chi connectivity index (χ0v) is 15.7. The summed E-state index contributed by atoms with van der Waals surface area (Å²) in [6.07, 6.45) is 2.95. The Morgan fingerprint density at radius 1 is 1.08 bits per heavy atom. The van der Waals surface area contributed by atoms with E-state index in [1.165, 1.54) is 5.56 Å². The number of sulfonamides is 1. The van der Waals surface area contributed by atoms with Crippen molar-refractivity contribution >= 4 is 21.6 Å². The van der Waals surface area contributed by atoms with Crippen molar-refractivity contribution < 1.29 is 13.2 Å². The number of rotatable bonds is 7. The number of carbonyl (C=O) groups is 1. The molecular formula is C20H24N2O3S. The van der Waals surface area contributed by atoms with Crippen LogP contribution in [0, 0.1) is 0 Å². The zero-order valence-electron chi connectivity index (χ0n) is 14.9. The van der Waals surface area contributed by atoms with E-state index in [9.17, 15) is 13.2 Å². The monoisotopic (exact) mass is 372 g/mol. The lowest BCUT2D eigenvalue weighted by molar-refractivity contribution is -0.117. The Morgan fingerprint density at radius 3 is 2.38 bits per heavy atom. The van der Waals surface area contributed by atoms with Crippen molar-refractivity contribution in [2.24, 2.45) is 0 Å². The van der Waals surface area contributed by atoms with Crippen LogP contribution in [0.2, 0.25) is 0 Å². The summed E-state index contributed by atoms with van der Waals surface area (Å²) in [5.74, 6) is 0.0910. The molecule has 5 nitrogen and oxygen atoms in total. The predicted octanol–water partition coefficient (Wildman–Crippen LogP) is 3.11. The molecule has 1 amide bonds. The Balaban J connectivity index is 1.61. The molecule has 0 aliphatic carbocycles. The van der Waals surface area contributed by atoms with Crippen molar-refractivity contribution in [3.63, 3.8) is 0 Å². The van der Waals surface area contributed by atoms with E-state index in [0.29, 0.717) is 13.0 Å². The maximum absolute atomic E-state index is 12.6. The molecule has 0 radical (unpaired) electrons. The van der Waals surface area contributed by atoms with Crippen molar-refractivity contribution in [3.05, 3.63) is 60.2 Å². The van der Waals surface area contributed by atoms with Crippen LogP contribution < -0.4 is 9.62 Å². The minimum atomic E-state index is -3.57. The van der Waals surface area contributed by atoms with Gasteiger partial charge in [-0.05, 0) is 56.0 Å². The number of nitrogens with zero attached hydrogens (tertiary/aromatic N) is 1. The summed E-state index contributed by atoms with van der Waals surface area (Å²) in [5, 5.41) is 0. The first-order valence-corrected chi connectivity index (χ1v) is 10.4. The summed E-state index contributed by atoms with van der Waals surface area (Å²) >= 11 is 0. The molecule has 1 aliphatic heterocycles. The third-order valence-electron chi connectivity index (χ3n) is 4.60. The van der Waals surface area contributed by atoms with Crippen molar-refractivity contribution in [2.75, 3.05) is 11.4 Å². The first kappa shape index (κ1) is 18.6. The third kappa shape index (κ3) is 4.51. The molecule has 3 rings (SSSR count). The third-order valence-corrected chi connectivity index (χ3v) is 6.20. The number of amides is 1. The highest BCUT2D eigenvalue weighted by molar-refractivity contribution is 7.89. The van der Waals surface area contributed by atoms with Crippen LogP contribution in [0.3, 0.4) is 0 Å². The second-order valence-corrected chi connectivity index (χ2v) is 8.40. The standard InChI is InChI=1S/C20H24N2O3S/c1-16(9-10-17-6-3-2-4-7-17)21-26(24,25)19-13-11-18(12-14-19)22-15-5-8-20(22)23/h2-4,6-7,11-14,16,21H,5,8-10,15H2,1H3/t16-/m1/s1. The van der Waals surface area contributed by atoms with E-state index in [0.717, 1.165) is 24.9 Å². The maximum atomic E-state index is 12.6. The summed E-state index contributed by atoms with van der Waals surface area (Å²) in [6, 6.07) is 16.4. The van der Waals surface area contributed by atoms with E-state index in [4.69, 9.17) is 0 Å². The first-order valence-electron chi connectivity index (χ1n) is 8.92. The van der Waals surface area contributed by atoms with Crippen LogP contribution in [-0.2, 0) is 21.2 Å². The average Bonchev–Trinajstić information content (AvgIpc) is 3.07. The Bertz CT molecular complexity index is 848. The second-order valence-electron chi connectivity index (χ2n) is 6.69. The van der Waals surface area contributed by atoms with Crippen LogP contribution in [0.4, 0.5) is 5.69 Å². The van der Waals surface area contributed by atoms with Gasteiger partial charge in [0.1, 0.15) is 0 Å². The van der Waals surface area contributed by atoms with Gasteiger partial charge in [0.2, 0.25) is 15.9 Å². The highest BCUT2D eigenvalue weighted by Gasteiger charge is 2.23. The molecule has 26 heavy (non-hydrogen) atoms. The highest BCUT2D eigenvalue weighted by atomic mass is 32.2. The quantitative estimate of drug-likeness (QED) is 0.812. The van der Waals surface area contributed by atoms with Gasteiger partial charge in [-0.1, -0.05) is 30.3 Å². The Labute approximate surface area is 155 Å². The molecule has 1 aliphatic rings. The fourth-order valence-electron chi connectivity index (χ4n) is 3.15. The fraction of sp³-hybridized carbons (Fsp3) is 0.350. The summed E-state index contributed by atoms with van der Waals surface area (Å²) in [4.78, 5) is 13.7. The molecule has 1 atom stereocenters. The van der Waals surface area contributed by atoms with Gasteiger partial charge in [-0.15, -0.1) is 0 Å². The Morgan fingerprint density at radius 2 is 1.77 bits per heavy atom. The number of nitrogens with one attached hydrogen (secondary N) is 1. The van der Waals surface area contributed by atoms with E-state index < -0.39 is 10.0 Å². The van der Waals surface area contributed by atoms with E-state index in [-0.39, 0.29) is 16.8 Å². The number of carbonyl (C=O) groups excluding carboxylic acids is 1. The van der Waals surface area contributed by atoms with Crippen LogP contribution >= 0.6 is 0 Å². The van der Waals surface area contributed by atoms with Crippen molar-refractivity contribution in [3.8, 4) is 0 Å². The molecule has 0 aromatic heterocycles. The van der Waals surface area contributed by atoms with Crippen LogP contribution in [0.5, 0.6) is 0 Å². The highest BCUT2D eigenvalue weighted by Crippen LogP contribution is 2.23. The molecule has 0 unspecified atom stereocenters. The van der Waals surface area contributed by atoms with Gasteiger partial charge in [0.15, 0.2) is 0 Å². The molecule has 0 bridgehead atoms. The van der Waals surface area contributed by atoms with Crippen molar-refractivity contribution in [2.45, 2.75) is 43.5 Å². The van der Waals surface area contributed by atoms with Crippen molar-refractivity contribution in [1.29, 1.82) is 0 Å². The first-order chi connectivity index (χ1) is 12.5. The lowest BCUT2D eigenvalue weighted by Gasteiger charge is -2.17. The molecule has 2 aromatic rings. The van der Waals surface area contributed by atoms with Gasteiger partial charge in [-0.3, -0.25) is 4.79 Å². The molecule has 1 saturated heterocycles. The van der Waals surface area contributed by atoms with Crippen LogP contribution in [0.1, 0.15) is 31.7 Å². The fourth-order valence-corrected chi connectivity index (χ4v) is 4.42. The van der Waals surface area contributed by atoms with Crippen LogP contribution in [-0.4, -0.2) is 26.9 Å². The average molecular weight is 372 g/mol. The van der Waals surface area contributed by atoms with Gasteiger partial charge >= 0.3 is 0 Å². The number of aryl methyl sites for hydroxylation is 1. The molecule has 1 fully saturated rings. The topological polar surface area (TPSA) is 66.5 Å². The maximum Gasteiger partial charge on any atom is 0.240 e. The van der Waals surface area contributed by atoms with Gasteiger partial charge in [-0.25, -0.2) is 13.1 Å². The van der Waals surface area contributed by atoms with E-state index in [2.05, 4.69) is 4.72 Å². The van der Waals surface area contributed by atoms with Crippen LogP contribution in [0.25, 0.3) is 0 Å². The summed E-state index contributed by atoms with van der Waals surface area (Å²) in [7, 11) is -3.57. The number of hydrogen-bond donors (Lipinski definition) is 1. The normalized spacial score (nSPS) is 16.0. The molecule has 1 heterocycles. The van der Waals surface area contributed by atoms with Gasteiger partial charge in [-0.2, -0.15) is 0 Å². The lowest BCUT2D eigenvalue weighted by atomic mass is 10.1. The minimum Gasteiger partial charge on any atom is -0.312 e. The van der Waals surface area contributed by atoms with E-state index >= 15 is 0 Å². The summed E-state index contributed by atoms with van der Waals surface area (Å²) in [6.45, 7) is 2.57. The van der Waals surface area contributed by atoms with Crippen molar-refractivity contribution in [1.82, 2.24) is 4.72 Å². The Hall–Kier alpha value is -2.18. The van der Waals surface area contributed by atoms with Gasteiger partial charge in [0.05, 0.1) is 4.90 Å². The predicted molar refractivity (Wildman–Crippen MR) is 103 cm³/mol. The number of hydrogen-bond acceptors (Lipinski definition) is 3. The molecular weight excluding hydrogens is 348 g/mol. The van der Waals surface area contributed by atoms with E-state index in [1.54, 1.807) is 29.2 Å². The molecule has 0 spiro atoms. The molecule has 6 heteroatoms. The van der Waals surface area contributed by atoms with Gasteiger partial charge in [0.25, 0.3) is 0 Å². The van der Waals surface area contributed by atoms with Crippen LogP contribution in [0.15, 0.2) is 59.5 Å². The minimum absolute atomic E-state index is 0.0910. The van der Waals surface area contributed by atoms with E-state index in [1.807, 2.05) is 37.3 Å². The smallest absolute Gasteiger partial charge is 0.240 e. The Kier molecular flexibility index (Phi) is 5.74. The summed E-state index contributed by atoms with van der Waals surface area (Å²) in [5.41, 5.74) is 1.95. The lowest BCUT2D eigenvalue weighted by Crippen LogP contribution is -2.33. The number of benzene rings is 2. The molecule has 0 saturated carbocycles. The largest absolute Gasteiger partial charge is 0.312 e. The van der Waals surface area contributed by atoms with Gasteiger partial charge < -0.3 is 4.90 Å². The second kappa shape index (κ2) is 8.01. The number of anilines is 1. The molecule has 138 valence electrons. The SMILES string of the molecule is C[C@H](CCc1ccccc1)NS(=O)(=O)c1ccc(N2CCCC2=O)cc1. The summed E-state index contributed by atoms with van der Waals surface area (Å²) < 4.78 is 27.9.